The van der Waals surface area contributed by atoms with Crippen LogP contribution in [0.15, 0.2) is 30.5 Å². The molecule has 0 radical (unpaired) electrons. The Morgan fingerprint density at radius 2 is 2.16 bits per heavy atom. The van der Waals surface area contributed by atoms with Crippen LogP contribution in [0, 0.1) is 0 Å². The maximum absolute atomic E-state index is 11.2. The Kier molecular flexibility index (Phi) is 3.57. The number of anilines is 1. The molecule has 1 aromatic carbocycles. The molecule has 19 heavy (non-hydrogen) atoms. The Morgan fingerprint density at radius 3 is 2.74 bits per heavy atom. The summed E-state index contributed by atoms with van der Waals surface area (Å²) in [6.45, 7) is 0. The number of hydrogen-bond acceptors (Lipinski definition) is 4. The minimum Gasteiger partial charge on any atom is -0.495 e. The number of aromatic nitrogens is 1. The molecule has 5 nitrogen and oxygen atoms in total. The third-order valence-corrected chi connectivity index (χ3v) is 2.91. The molecule has 0 aliphatic carbocycles. The van der Waals surface area contributed by atoms with Gasteiger partial charge in [-0.2, -0.15) is 0 Å². The van der Waals surface area contributed by atoms with E-state index < -0.39 is 5.97 Å². The molecular formula is C13H11ClN2O3. The first kappa shape index (κ1) is 13.2. The fraction of sp³-hybridized carbons (Fsp3) is 0.0769. The normalized spacial score (nSPS) is 10.2. The van der Waals surface area contributed by atoms with Crippen LogP contribution in [-0.4, -0.2) is 23.2 Å². The van der Waals surface area contributed by atoms with E-state index in [0.717, 1.165) is 0 Å². The van der Waals surface area contributed by atoms with Crippen LogP contribution in [0.5, 0.6) is 5.75 Å². The fourth-order valence-electron chi connectivity index (χ4n) is 1.71. The summed E-state index contributed by atoms with van der Waals surface area (Å²) in [4.78, 5) is 15.1. The number of carbonyl (C=O) groups is 1. The average molecular weight is 279 g/mol. The minimum atomic E-state index is -1.07. The molecule has 0 amide bonds. The van der Waals surface area contributed by atoms with Gasteiger partial charge in [0.1, 0.15) is 11.6 Å². The third kappa shape index (κ3) is 2.61. The number of nitrogens with zero attached hydrogens (tertiary/aromatic N) is 1. The summed E-state index contributed by atoms with van der Waals surface area (Å²) in [6, 6.07) is 6.32. The Bertz CT molecular complexity index is 644. The van der Waals surface area contributed by atoms with Crippen molar-refractivity contribution >= 4 is 23.4 Å². The van der Waals surface area contributed by atoms with Gasteiger partial charge >= 0.3 is 5.97 Å². The standard InChI is InChI=1S/C13H11ClN2O3/c1-19-11-3-2-7(4-10(11)14)9-6-16-12(15)5-8(9)13(17)18/h2-6H,1H3,(H2,15,16)(H,17,18). The van der Waals surface area contributed by atoms with E-state index >= 15 is 0 Å². The van der Waals surface area contributed by atoms with Crippen molar-refractivity contribution in [3.63, 3.8) is 0 Å². The highest BCUT2D eigenvalue weighted by Crippen LogP contribution is 2.31. The summed E-state index contributed by atoms with van der Waals surface area (Å²) in [5, 5.41) is 9.58. The number of hydrogen-bond donors (Lipinski definition) is 2. The van der Waals surface area contributed by atoms with Crippen molar-refractivity contribution < 1.29 is 14.6 Å². The highest BCUT2D eigenvalue weighted by Gasteiger charge is 2.14. The monoisotopic (exact) mass is 278 g/mol. The van der Waals surface area contributed by atoms with Crippen LogP contribution >= 0.6 is 11.6 Å². The number of pyridine rings is 1. The van der Waals surface area contributed by atoms with Gasteiger partial charge in [0, 0.05) is 11.8 Å². The van der Waals surface area contributed by atoms with Crippen LogP contribution < -0.4 is 10.5 Å². The number of nitrogen functional groups attached to an aromatic ring is 1. The zero-order valence-corrected chi connectivity index (χ0v) is 10.8. The van der Waals surface area contributed by atoms with Crippen LogP contribution in [-0.2, 0) is 0 Å². The van der Waals surface area contributed by atoms with Crippen molar-refractivity contribution in [1.82, 2.24) is 4.98 Å². The zero-order chi connectivity index (χ0) is 14.0. The number of carboxylic acid groups (broad SMARTS) is 1. The Labute approximate surface area is 114 Å². The number of methoxy groups -OCH3 is 1. The maximum Gasteiger partial charge on any atom is 0.336 e. The van der Waals surface area contributed by atoms with Gasteiger partial charge in [0.25, 0.3) is 0 Å². The zero-order valence-electron chi connectivity index (χ0n) is 10.1. The van der Waals surface area contributed by atoms with E-state index in [4.69, 9.17) is 22.1 Å². The van der Waals surface area contributed by atoms with Gasteiger partial charge in [0.05, 0.1) is 17.7 Å². The summed E-state index contributed by atoms with van der Waals surface area (Å²) in [5.74, 6) is -0.400. The van der Waals surface area contributed by atoms with E-state index in [1.165, 1.54) is 19.4 Å². The van der Waals surface area contributed by atoms with E-state index in [1.54, 1.807) is 18.2 Å². The van der Waals surface area contributed by atoms with Crippen molar-refractivity contribution in [3.8, 4) is 16.9 Å². The highest BCUT2D eigenvalue weighted by atomic mass is 35.5. The van der Waals surface area contributed by atoms with Gasteiger partial charge in [-0.25, -0.2) is 9.78 Å². The average Bonchev–Trinajstić information content (AvgIpc) is 2.38. The molecule has 0 unspecified atom stereocenters. The number of halogens is 1. The number of rotatable bonds is 3. The number of aromatic carboxylic acids is 1. The number of nitrogens with two attached hydrogens (primary N) is 1. The summed E-state index contributed by atoms with van der Waals surface area (Å²) in [6.07, 6.45) is 1.41. The van der Waals surface area contributed by atoms with Crippen LogP contribution in [0.25, 0.3) is 11.1 Å². The summed E-state index contributed by atoms with van der Waals surface area (Å²) >= 11 is 6.03. The molecule has 0 aliphatic rings. The Balaban J connectivity index is 2.58. The molecular weight excluding hydrogens is 268 g/mol. The van der Waals surface area contributed by atoms with Gasteiger partial charge in [-0.1, -0.05) is 17.7 Å². The van der Waals surface area contributed by atoms with Crippen LogP contribution in [0.3, 0.4) is 0 Å². The molecule has 0 bridgehead atoms. The minimum absolute atomic E-state index is 0.0775. The molecule has 98 valence electrons. The molecule has 0 fully saturated rings. The lowest BCUT2D eigenvalue weighted by Crippen LogP contribution is -2.03. The van der Waals surface area contributed by atoms with Gasteiger partial charge in [-0.3, -0.25) is 0 Å². The van der Waals surface area contributed by atoms with Crippen molar-refractivity contribution in [1.29, 1.82) is 0 Å². The first-order chi connectivity index (χ1) is 9.02. The molecule has 2 rings (SSSR count). The van der Waals surface area contributed by atoms with Crippen LogP contribution in [0.1, 0.15) is 10.4 Å². The van der Waals surface area contributed by atoms with E-state index in [1.807, 2.05) is 0 Å². The lowest BCUT2D eigenvalue weighted by Gasteiger charge is -2.09. The second-order valence-corrected chi connectivity index (χ2v) is 4.22. The van der Waals surface area contributed by atoms with Gasteiger partial charge in [-0.05, 0) is 23.8 Å². The molecule has 0 saturated carbocycles. The predicted molar refractivity (Wildman–Crippen MR) is 72.6 cm³/mol. The lowest BCUT2D eigenvalue weighted by atomic mass is 10.0. The smallest absolute Gasteiger partial charge is 0.336 e. The van der Waals surface area contributed by atoms with Gasteiger partial charge < -0.3 is 15.6 Å². The van der Waals surface area contributed by atoms with Gasteiger partial charge in [0.2, 0.25) is 0 Å². The van der Waals surface area contributed by atoms with E-state index in [9.17, 15) is 9.90 Å². The molecule has 6 heteroatoms. The second kappa shape index (κ2) is 5.16. The number of benzene rings is 1. The number of ether oxygens (including phenoxy) is 1. The maximum atomic E-state index is 11.2. The Hall–Kier alpha value is -2.27. The van der Waals surface area contributed by atoms with Gasteiger partial charge in [-0.15, -0.1) is 0 Å². The van der Waals surface area contributed by atoms with E-state index in [2.05, 4.69) is 4.98 Å². The molecule has 3 N–H and O–H groups in total. The van der Waals surface area contributed by atoms with Crippen molar-refractivity contribution in [2.24, 2.45) is 0 Å². The SMILES string of the molecule is COc1ccc(-c2cnc(N)cc2C(=O)O)cc1Cl. The highest BCUT2D eigenvalue weighted by molar-refractivity contribution is 6.32. The first-order valence-electron chi connectivity index (χ1n) is 5.35. The summed E-state index contributed by atoms with van der Waals surface area (Å²) in [5.41, 5.74) is 6.66. The van der Waals surface area contributed by atoms with E-state index in [0.29, 0.717) is 21.9 Å². The molecule has 0 atom stereocenters. The van der Waals surface area contributed by atoms with Crippen molar-refractivity contribution in [2.75, 3.05) is 12.8 Å². The van der Waals surface area contributed by atoms with Gasteiger partial charge in [0.15, 0.2) is 0 Å². The molecule has 0 aliphatic heterocycles. The second-order valence-electron chi connectivity index (χ2n) is 3.81. The van der Waals surface area contributed by atoms with E-state index in [-0.39, 0.29) is 11.4 Å². The quantitative estimate of drug-likeness (QED) is 0.901. The molecule has 0 spiro atoms. The fourth-order valence-corrected chi connectivity index (χ4v) is 1.97. The lowest BCUT2D eigenvalue weighted by molar-refractivity contribution is 0.0697. The molecule has 1 heterocycles. The summed E-state index contributed by atoms with van der Waals surface area (Å²) < 4.78 is 5.05. The summed E-state index contributed by atoms with van der Waals surface area (Å²) in [7, 11) is 1.51. The largest absolute Gasteiger partial charge is 0.495 e. The van der Waals surface area contributed by atoms with Crippen molar-refractivity contribution in [2.45, 2.75) is 0 Å². The van der Waals surface area contributed by atoms with Crippen molar-refractivity contribution in [3.05, 3.63) is 41.0 Å². The topological polar surface area (TPSA) is 85.4 Å². The third-order valence-electron chi connectivity index (χ3n) is 2.62. The molecule has 0 saturated heterocycles. The van der Waals surface area contributed by atoms with Crippen LogP contribution in [0.2, 0.25) is 5.02 Å². The Morgan fingerprint density at radius 1 is 1.42 bits per heavy atom. The molecule has 2 aromatic rings. The first-order valence-corrected chi connectivity index (χ1v) is 5.73. The van der Waals surface area contributed by atoms with Crippen LogP contribution in [0.4, 0.5) is 5.82 Å². The predicted octanol–water partition coefficient (Wildman–Crippen LogP) is 2.69. The number of carboxylic acids is 1. The molecule has 1 aromatic heterocycles.